The summed E-state index contributed by atoms with van der Waals surface area (Å²) in [6.07, 6.45) is 1.50. The molecule has 7 nitrogen and oxygen atoms in total. The first kappa shape index (κ1) is 14.8. The van der Waals surface area contributed by atoms with Gasteiger partial charge < -0.3 is 9.15 Å². The topological polar surface area (TPSA) is 88.8 Å². The Morgan fingerprint density at radius 2 is 2.18 bits per heavy atom. The molecule has 2 amide bonds. The van der Waals surface area contributed by atoms with E-state index in [0.29, 0.717) is 5.76 Å². The van der Waals surface area contributed by atoms with Crippen LogP contribution in [0.1, 0.15) is 25.6 Å². The fraction of sp³-hybridized carbons (Fsp3) is 0.533. The van der Waals surface area contributed by atoms with E-state index in [1.54, 1.807) is 26.0 Å². The number of likely N-dealkylation sites (tertiary alicyclic amines) is 1. The third-order valence-corrected chi connectivity index (χ3v) is 4.65. The number of nitrogens with zero attached hydrogens (tertiary/aromatic N) is 1. The van der Waals surface area contributed by atoms with Gasteiger partial charge in [0.2, 0.25) is 11.8 Å². The average Bonchev–Trinajstić information content (AvgIpc) is 3.17. The first-order valence-corrected chi connectivity index (χ1v) is 7.20. The van der Waals surface area contributed by atoms with Crippen LogP contribution in [-0.2, 0) is 19.1 Å². The summed E-state index contributed by atoms with van der Waals surface area (Å²) >= 11 is 0. The van der Waals surface area contributed by atoms with Crippen molar-refractivity contribution in [2.75, 3.05) is 13.7 Å². The molecule has 4 atom stereocenters. The number of fused-ring (bicyclic) bond motifs is 1. The predicted octanol–water partition coefficient (Wildman–Crippen LogP) is 0.477. The van der Waals surface area contributed by atoms with Crippen molar-refractivity contribution in [3.05, 3.63) is 24.2 Å². The fourth-order valence-electron chi connectivity index (χ4n) is 3.62. The van der Waals surface area contributed by atoms with E-state index < -0.39 is 29.4 Å². The lowest BCUT2D eigenvalue weighted by molar-refractivity contribution is -0.153. The Balaban J connectivity index is 2.09. The van der Waals surface area contributed by atoms with Gasteiger partial charge in [-0.3, -0.25) is 24.6 Å². The lowest BCUT2D eigenvalue weighted by atomic mass is 9.81. The van der Waals surface area contributed by atoms with Crippen LogP contribution in [0.15, 0.2) is 22.8 Å². The first-order valence-electron chi connectivity index (χ1n) is 7.20. The van der Waals surface area contributed by atoms with Crippen molar-refractivity contribution in [2.45, 2.75) is 25.4 Å². The summed E-state index contributed by atoms with van der Waals surface area (Å²) in [5.41, 5.74) is -1.26. The zero-order valence-corrected chi connectivity index (χ0v) is 12.7. The Bertz CT molecular complexity index is 626. The van der Waals surface area contributed by atoms with E-state index in [9.17, 15) is 14.4 Å². The van der Waals surface area contributed by atoms with Crippen LogP contribution in [-0.4, -0.2) is 41.9 Å². The number of amides is 2. The number of carbonyl (C=O) groups is 3. The maximum atomic E-state index is 12.6. The fourth-order valence-corrected chi connectivity index (χ4v) is 3.62. The number of hydrogen-bond acceptors (Lipinski definition) is 6. The number of hydrogen-bond donors (Lipinski definition) is 1. The molecule has 0 saturated carbocycles. The average molecular weight is 306 g/mol. The van der Waals surface area contributed by atoms with Crippen LogP contribution in [0.2, 0.25) is 0 Å². The zero-order chi connectivity index (χ0) is 16.1. The van der Waals surface area contributed by atoms with Crippen LogP contribution >= 0.6 is 0 Å². The summed E-state index contributed by atoms with van der Waals surface area (Å²) in [5, 5.41) is 3.09. The van der Waals surface area contributed by atoms with Crippen molar-refractivity contribution in [2.24, 2.45) is 11.8 Å². The number of furan rings is 1. The molecule has 2 fully saturated rings. The van der Waals surface area contributed by atoms with Gasteiger partial charge in [0.1, 0.15) is 11.3 Å². The van der Waals surface area contributed by atoms with Gasteiger partial charge in [-0.2, -0.15) is 0 Å². The van der Waals surface area contributed by atoms with Gasteiger partial charge >= 0.3 is 5.97 Å². The van der Waals surface area contributed by atoms with Crippen molar-refractivity contribution < 1.29 is 23.5 Å². The molecule has 1 N–H and O–H groups in total. The predicted molar refractivity (Wildman–Crippen MR) is 74.4 cm³/mol. The number of carbonyl (C=O) groups excluding carboxylic acids is 3. The van der Waals surface area contributed by atoms with Crippen LogP contribution in [0, 0.1) is 11.8 Å². The highest BCUT2D eigenvalue weighted by Gasteiger charge is 2.67. The Morgan fingerprint density at radius 3 is 2.73 bits per heavy atom. The molecule has 118 valence electrons. The van der Waals surface area contributed by atoms with Crippen LogP contribution in [0.4, 0.5) is 0 Å². The molecule has 0 radical (unpaired) electrons. The quantitative estimate of drug-likeness (QED) is 0.645. The Kier molecular flexibility index (Phi) is 3.32. The van der Waals surface area contributed by atoms with E-state index in [1.165, 1.54) is 18.3 Å². The zero-order valence-electron chi connectivity index (χ0n) is 12.7. The van der Waals surface area contributed by atoms with E-state index in [-0.39, 0.29) is 18.4 Å². The summed E-state index contributed by atoms with van der Waals surface area (Å²) in [5.74, 6) is -2.10. The smallest absolute Gasteiger partial charge is 0.326 e. The van der Waals surface area contributed by atoms with Gasteiger partial charge in [0, 0.05) is 6.54 Å². The maximum Gasteiger partial charge on any atom is 0.326 e. The van der Waals surface area contributed by atoms with Crippen molar-refractivity contribution in [1.82, 2.24) is 10.2 Å². The number of rotatable bonds is 3. The number of nitrogens with one attached hydrogen (secondary N) is 1. The van der Waals surface area contributed by atoms with Gasteiger partial charge in [0.25, 0.3) is 0 Å². The van der Waals surface area contributed by atoms with Gasteiger partial charge in [-0.1, -0.05) is 0 Å². The summed E-state index contributed by atoms with van der Waals surface area (Å²) < 4.78 is 10.2. The van der Waals surface area contributed by atoms with Crippen LogP contribution in [0.5, 0.6) is 0 Å². The molecular weight excluding hydrogens is 288 g/mol. The first-order chi connectivity index (χ1) is 10.5. The molecule has 3 heterocycles. The van der Waals surface area contributed by atoms with Crippen molar-refractivity contribution >= 4 is 17.8 Å². The highest BCUT2D eigenvalue weighted by molar-refractivity contribution is 6.09. The molecule has 0 aromatic carbocycles. The molecule has 1 aromatic rings. The number of ether oxygens (including phenoxy) is 1. The maximum absolute atomic E-state index is 12.6. The van der Waals surface area contributed by atoms with Gasteiger partial charge in [-0.15, -0.1) is 0 Å². The van der Waals surface area contributed by atoms with Gasteiger partial charge in [0.15, 0.2) is 0 Å². The minimum Gasteiger partial charge on any atom is -0.468 e. The lowest BCUT2D eigenvalue weighted by Crippen LogP contribution is -2.53. The van der Waals surface area contributed by atoms with E-state index in [2.05, 4.69) is 5.32 Å². The van der Waals surface area contributed by atoms with Crippen molar-refractivity contribution in [3.63, 3.8) is 0 Å². The van der Waals surface area contributed by atoms with Crippen LogP contribution in [0.25, 0.3) is 0 Å². The lowest BCUT2D eigenvalue weighted by Gasteiger charge is -2.27. The monoisotopic (exact) mass is 306 g/mol. The molecule has 2 aliphatic rings. The third-order valence-electron chi connectivity index (χ3n) is 4.65. The van der Waals surface area contributed by atoms with E-state index >= 15 is 0 Å². The number of imide groups is 1. The Hall–Kier alpha value is -2.15. The molecule has 0 aliphatic carbocycles. The summed E-state index contributed by atoms with van der Waals surface area (Å²) in [4.78, 5) is 38.7. The molecule has 0 bridgehead atoms. The molecule has 22 heavy (non-hydrogen) atoms. The van der Waals surface area contributed by atoms with Crippen molar-refractivity contribution in [3.8, 4) is 0 Å². The number of esters is 1. The summed E-state index contributed by atoms with van der Waals surface area (Å²) in [6, 6.07) is 2.90. The van der Waals surface area contributed by atoms with Crippen molar-refractivity contribution in [1.29, 1.82) is 0 Å². The second-order valence-corrected chi connectivity index (χ2v) is 5.76. The largest absolute Gasteiger partial charge is 0.468 e. The van der Waals surface area contributed by atoms with E-state index in [0.717, 1.165) is 0 Å². The van der Waals surface area contributed by atoms with Gasteiger partial charge in [-0.05, 0) is 26.0 Å². The number of methoxy groups -OCH3 is 1. The minimum absolute atomic E-state index is 0.279. The van der Waals surface area contributed by atoms with Crippen LogP contribution < -0.4 is 5.32 Å². The molecule has 3 rings (SSSR count). The highest BCUT2D eigenvalue weighted by Crippen LogP contribution is 2.48. The third kappa shape index (κ3) is 1.75. The summed E-state index contributed by atoms with van der Waals surface area (Å²) in [7, 11) is 1.27. The highest BCUT2D eigenvalue weighted by atomic mass is 16.5. The van der Waals surface area contributed by atoms with Gasteiger partial charge in [0.05, 0.1) is 31.3 Å². The van der Waals surface area contributed by atoms with E-state index in [4.69, 9.17) is 9.15 Å². The normalized spacial score (nSPS) is 34.1. The molecule has 0 unspecified atom stereocenters. The minimum atomic E-state index is -1.26. The van der Waals surface area contributed by atoms with Crippen LogP contribution in [0.3, 0.4) is 0 Å². The summed E-state index contributed by atoms with van der Waals surface area (Å²) in [6.45, 7) is 3.62. The molecular formula is C15H18N2O5. The molecule has 2 saturated heterocycles. The molecule has 0 spiro atoms. The van der Waals surface area contributed by atoms with Gasteiger partial charge in [-0.25, -0.2) is 0 Å². The standard InChI is InChI=1S/C15H18N2O5/c1-4-17-12(18)9-10(13(17)19)15(2,14(20)21-3)16-11(9)8-6-5-7-22-8/h5-7,9-11,16H,4H2,1-3H3/t9-,10+,11-,15-/m1/s1. The molecule has 7 heteroatoms. The molecule has 1 aromatic heterocycles. The second kappa shape index (κ2) is 4.95. The Labute approximate surface area is 127 Å². The molecule has 2 aliphatic heterocycles. The van der Waals surface area contributed by atoms with E-state index in [1.807, 2.05) is 0 Å². The SMILES string of the molecule is CCN1C(=O)[C@H]2[C@@H](c3ccco3)N[C@@](C)(C(=O)OC)[C@@H]2C1=O. The second-order valence-electron chi connectivity index (χ2n) is 5.76. The Morgan fingerprint density at radius 1 is 1.45 bits per heavy atom.